The van der Waals surface area contributed by atoms with E-state index in [0.717, 1.165) is 25.8 Å². The lowest BCUT2D eigenvalue weighted by molar-refractivity contribution is -0.122. The third-order valence-corrected chi connectivity index (χ3v) is 4.52. The normalized spacial score (nSPS) is 17.2. The van der Waals surface area contributed by atoms with E-state index in [0.29, 0.717) is 23.5 Å². The van der Waals surface area contributed by atoms with Gasteiger partial charge in [-0.2, -0.15) is 10.4 Å². The topological polar surface area (TPSA) is 100.0 Å². The fourth-order valence-electron chi connectivity index (χ4n) is 3.16. The van der Waals surface area contributed by atoms with E-state index < -0.39 is 0 Å². The van der Waals surface area contributed by atoms with Crippen LogP contribution in [0.5, 0.6) is 0 Å². The third-order valence-electron chi connectivity index (χ3n) is 4.52. The highest BCUT2D eigenvalue weighted by atomic mass is 16.2. The molecule has 132 valence electrons. The number of likely N-dealkylation sites (tertiary alicyclic amines) is 1. The molecule has 7 heteroatoms. The second-order valence-electron chi connectivity index (χ2n) is 6.19. The number of nitrogen functional groups attached to an aromatic ring is 1. The van der Waals surface area contributed by atoms with Crippen LogP contribution in [-0.4, -0.2) is 39.7 Å². The summed E-state index contributed by atoms with van der Waals surface area (Å²) in [6.07, 6.45) is 9.74. The smallest absolute Gasteiger partial charge is 0.241 e. The maximum atomic E-state index is 12.6. The molecule has 2 heterocycles. The highest BCUT2D eigenvalue weighted by Crippen LogP contribution is 2.21. The van der Waals surface area contributed by atoms with E-state index in [1.807, 2.05) is 11.0 Å². The predicted octanol–water partition coefficient (Wildman–Crippen LogP) is 1.75. The highest BCUT2D eigenvalue weighted by molar-refractivity contribution is 5.95. The quantitative estimate of drug-likeness (QED) is 0.820. The zero-order valence-corrected chi connectivity index (χ0v) is 14.4. The van der Waals surface area contributed by atoms with E-state index in [1.165, 1.54) is 10.9 Å². The minimum atomic E-state index is -0.195. The monoisotopic (exact) mass is 348 g/mol. The molecule has 0 aliphatic carbocycles. The van der Waals surface area contributed by atoms with Gasteiger partial charge in [0.15, 0.2) is 0 Å². The molecule has 1 unspecified atom stereocenters. The molecule has 3 N–H and O–H groups in total. The summed E-state index contributed by atoms with van der Waals surface area (Å²) < 4.78 is 1.49. The Kier molecular flexibility index (Phi) is 5.21. The number of piperidine rings is 1. The first kappa shape index (κ1) is 17.5. The lowest BCUT2D eigenvalue weighted by Crippen LogP contribution is -2.47. The number of carbonyl (C=O) groups is 1. The molecule has 1 amide bonds. The fraction of sp³-hybridized carbons (Fsp3) is 0.316. The number of nitrogens with two attached hydrogens (primary N) is 1. The van der Waals surface area contributed by atoms with Crippen molar-refractivity contribution < 1.29 is 4.79 Å². The van der Waals surface area contributed by atoms with Crippen molar-refractivity contribution in [2.24, 2.45) is 0 Å². The number of hydrogen-bond acceptors (Lipinski definition) is 5. The van der Waals surface area contributed by atoms with Crippen LogP contribution < -0.4 is 11.1 Å². The molecule has 0 spiro atoms. The first-order valence-corrected chi connectivity index (χ1v) is 8.46. The van der Waals surface area contributed by atoms with Gasteiger partial charge in [0.2, 0.25) is 5.91 Å². The number of terminal acetylenes is 1. The van der Waals surface area contributed by atoms with Crippen LogP contribution in [0.4, 0.5) is 11.5 Å². The van der Waals surface area contributed by atoms with Crippen molar-refractivity contribution in [2.45, 2.75) is 25.3 Å². The molecular formula is C19H20N6O. The van der Waals surface area contributed by atoms with Crippen molar-refractivity contribution in [1.29, 1.82) is 5.26 Å². The molecule has 26 heavy (non-hydrogen) atoms. The number of benzene rings is 1. The van der Waals surface area contributed by atoms with E-state index >= 15 is 0 Å². The van der Waals surface area contributed by atoms with Crippen LogP contribution in [0.1, 0.15) is 24.8 Å². The van der Waals surface area contributed by atoms with Crippen LogP contribution in [-0.2, 0) is 4.79 Å². The average molecular weight is 348 g/mol. The van der Waals surface area contributed by atoms with Gasteiger partial charge in [-0.15, -0.1) is 6.42 Å². The first-order valence-electron chi connectivity index (χ1n) is 8.46. The Morgan fingerprint density at radius 1 is 1.38 bits per heavy atom. The molecule has 1 aliphatic heterocycles. The fourth-order valence-corrected chi connectivity index (χ4v) is 3.16. The standard InChI is InChI=1S/C19H20N6O/c1-2-10-24-11-4-3-5-17(24)19(26)23-15-6-8-16(9-7-15)25-18(21)14(12-20)13-22-25/h1,6-9,13,17H,3-5,10-11,21H2,(H,23,26). The number of hydrogen-bond donors (Lipinski definition) is 2. The number of amides is 1. The number of anilines is 2. The molecule has 3 rings (SSSR count). The maximum Gasteiger partial charge on any atom is 0.241 e. The SMILES string of the molecule is C#CCN1CCCCC1C(=O)Nc1ccc(-n2ncc(C#N)c2N)cc1. The van der Waals surface area contributed by atoms with Gasteiger partial charge in [0, 0.05) is 5.69 Å². The lowest BCUT2D eigenvalue weighted by Gasteiger charge is -2.33. The van der Waals surface area contributed by atoms with E-state index in [2.05, 4.69) is 16.3 Å². The minimum absolute atomic E-state index is 0.0435. The molecule has 1 fully saturated rings. The Hall–Kier alpha value is -3.29. The highest BCUT2D eigenvalue weighted by Gasteiger charge is 2.28. The second-order valence-corrected chi connectivity index (χ2v) is 6.19. The lowest BCUT2D eigenvalue weighted by atomic mass is 10.0. The molecule has 1 aromatic heterocycles. The van der Waals surface area contributed by atoms with Gasteiger partial charge < -0.3 is 11.1 Å². The van der Waals surface area contributed by atoms with Crippen molar-refractivity contribution in [1.82, 2.24) is 14.7 Å². The number of carbonyl (C=O) groups excluding carboxylic acids is 1. The molecule has 0 radical (unpaired) electrons. The van der Waals surface area contributed by atoms with Crippen LogP contribution >= 0.6 is 0 Å². The average Bonchev–Trinajstić information content (AvgIpc) is 3.03. The number of nitriles is 1. The Morgan fingerprint density at radius 2 is 2.15 bits per heavy atom. The maximum absolute atomic E-state index is 12.6. The predicted molar refractivity (Wildman–Crippen MR) is 99.4 cm³/mol. The van der Waals surface area contributed by atoms with Gasteiger partial charge in [-0.25, -0.2) is 4.68 Å². The molecule has 1 aromatic carbocycles. The molecule has 2 aromatic rings. The molecule has 1 aliphatic rings. The summed E-state index contributed by atoms with van der Waals surface area (Å²) in [6.45, 7) is 1.33. The Labute approximate surface area is 152 Å². The van der Waals surface area contributed by atoms with Crippen molar-refractivity contribution in [3.8, 4) is 24.1 Å². The van der Waals surface area contributed by atoms with Crippen molar-refractivity contribution in [2.75, 3.05) is 24.1 Å². The molecule has 1 atom stereocenters. The minimum Gasteiger partial charge on any atom is -0.382 e. The van der Waals surface area contributed by atoms with Gasteiger partial charge in [0.1, 0.15) is 17.5 Å². The van der Waals surface area contributed by atoms with E-state index in [9.17, 15) is 4.79 Å². The largest absolute Gasteiger partial charge is 0.382 e. The summed E-state index contributed by atoms with van der Waals surface area (Å²) in [6, 6.07) is 8.95. The summed E-state index contributed by atoms with van der Waals surface area (Å²) in [5.74, 6) is 2.87. The summed E-state index contributed by atoms with van der Waals surface area (Å²) in [5, 5.41) is 16.0. The summed E-state index contributed by atoms with van der Waals surface area (Å²) in [4.78, 5) is 14.7. The van der Waals surface area contributed by atoms with Crippen molar-refractivity contribution >= 4 is 17.4 Å². The molecule has 1 saturated heterocycles. The summed E-state index contributed by atoms with van der Waals surface area (Å²) in [5.41, 5.74) is 7.63. The first-order chi connectivity index (χ1) is 12.6. The summed E-state index contributed by atoms with van der Waals surface area (Å²) >= 11 is 0. The van der Waals surface area contributed by atoms with Crippen molar-refractivity contribution in [3.05, 3.63) is 36.0 Å². The zero-order valence-electron chi connectivity index (χ0n) is 14.4. The number of nitrogens with zero attached hydrogens (tertiary/aromatic N) is 4. The van der Waals surface area contributed by atoms with Gasteiger partial charge >= 0.3 is 0 Å². The van der Waals surface area contributed by atoms with E-state index in [1.54, 1.807) is 24.3 Å². The molecule has 0 bridgehead atoms. The molecule has 0 saturated carbocycles. The van der Waals surface area contributed by atoms with Crippen LogP contribution in [0.15, 0.2) is 30.5 Å². The van der Waals surface area contributed by atoms with Gasteiger partial charge in [-0.1, -0.05) is 12.3 Å². The molecule has 7 nitrogen and oxygen atoms in total. The van der Waals surface area contributed by atoms with Gasteiger partial charge in [0.25, 0.3) is 0 Å². The van der Waals surface area contributed by atoms with Gasteiger partial charge in [-0.05, 0) is 43.7 Å². The Morgan fingerprint density at radius 3 is 2.81 bits per heavy atom. The number of aromatic nitrogens is 2. The Bertz CT molecular complexity index is 871. The van der Waals surface area contributed by atoms with Crippen LogP contribution in [0.2, 0.25) is 0 Å². The van der Waals surface area contributed by atoms with Gasteiger partial charge in [0.05, 0.1) is 24.5 Å². The number of nitrogens with one attached hydrogen (secondary N) is 1. The Balaban J connectivity index is 1.71. The van der Waals surface area contributed by atoms with Gasteiger partial charge in [-0.3, -0.25) is 9.69 Å². The van der Waals surface area contributed by atoms with E-state index in [4.69, 9.17) is 17.4 Å². The van der Waals surface area contributed by atoms with Crippen LogP contribution in [0.25, 0.3) is 5.69 Å². The molecular weight excluding hydrogens is 328 g/mol. The van der Waals surface area contributed by atoms with Crippen LogP contribution in [0.3, 0.4) is 0 Å². The zero-order chi connectivity index (χ0) is 18.5. The summed E-state index contributed by atoms with van der Waals surface area (Å²) in [7, 11) is 0. The van der Waals surface area contributed by atoms with Crippen LogP contribution in [0, 0.1) is 23.7 Å². The number of rotatable bonds is 4. The van der Waals surface area contributed by atoms with E-state index in [-0.39, 0.29) is 17.8 Å². The third kappa shape index (κ3) is 3.53. The van der Waals surface area contributed by atoms with Crippen molar-refractivity contribution in [3.63, 3.8) is 0 Å². The second kappa shape index (κ2) is 7.73.